The van der Waals surface area contributed by atoms with Gasteiger partial charge in [-0.2, -0.15) is 0 Å². The first kappa shape index (κ1) is 14.6. The highest BCUT2D eigenvalue weighted by molar-refractivity contribution is 5.44. The van der Waals surface area contributed by atoms with Gasteiger partial charge in [-0.15, -0.1) is 0 Å². The lowest BCUT2D eigenvalue weighted by atomic mass is 10.1. The molecule has 1 aliphatic rings. The molecule has 0 bridgehead atoms. The van der Waals surface area contributed by atoms with Crippen LogP contribution in [0.4, 0.5) is 0 Å². The molecule has 4 rings (SSSR count). The van der Waals surface area contributed by atoms with Crippen LogP contribution in [0.1, 0.15) is 17.2 Å². The number of aromatic nitrogens is 3. The van der Waals surface area contributed by atoms with Crippen molar-refractivity contribution in [3.05, 3.63) is 66.4 Å². The van der Waals surface area contributed by atoms with E-state index in [1.54, 1.807) is 25.8 Å². The molecule has 1 unspecified atom stereocenters. The van der Waals surface area contributed by atoms with Crippen LogP contribution in [0.15, 0.2) is 55.2 Å². The van der Waals surface area contributed by atoms with E-state index >= 15 is 0 Å². The Bertz CT molecular complexity index is 816. The van der Waals surface area contributed by atoms with E-state index in [-0.39, 0.29) is 6.10 Å². The van der Waals surface area contributed by atoms with Gasteiger partial charge < -0.3 is 18.8 Å². The molecule has 2 aromatic heterocycles. The first-order valence-corrected chi connectivity index (χ1v) is 7.70. The molecule has 122 valence electrons. The highest BCUT2D eigenvalue weighted by Gasteiger charge is 2.23. The Labute approximate surface area is 139 Å². The van der Waals surface area contributed by atoms with Gasteiger partial charge in [-0.1, -0.05) is 6.07 Å². The summed E-state index contributed by atoms with van der Waals surface area (Å²) in [4.78, 5) is 8.27. The second kappa shape index (κ2) is 6.23. The van der Waals surface area contributed by atoms with Crippen molar-refractivity contribution in [3.8, 4) is 17.4 Å². The highest BCUT2D eigenvalue weighted by atomic mass is 16.6. The average molecular weight is 323 g/mol. The molecule has 1 atom stereocenters. The maximum Gasteiger partial charge on any atom is 0.212 e. The number of benzene rings is 1. The van der Waals surface area contributed by atoms with E-state index in [1.807, 2.05) is 41.1 Å². The maximum atomic E-state index is 6.06. The van der Waals surface area contributed by atoms with E-state index in [1.165, 1.54) is 0 Å². The predicted molar refractivity (Wildman–Crippen MR) is 87.4 cm³/mol. The number of methoxy groups -OCH3 is 1. The van der Waals surface area contributed by atoms with Gasteiger partial charge in [-0.05, 0) is 23.8 Å². The number of pyridine rings is 1. The summed E-state index contributed by atoms with van der Waals surface area (Å²) in [5.74, 6) is 2.10. The van der Waals surface area contributed by atoms with Gasteiger partial charge in [0.15, 0.2) is 17.6 Å². The molecule has 6 heteroatoms. The Morgan fingerprint density at radius 2 is 2.21 bits per heavy atom. The quantitative estimate of drug-likeness (QED) is 0.739. The number of fused-ring (bicyclic) bond motifs is 1. The summed E-state index contributed by atoms with van der Waals surface area (Å²) in [6.45, 7) is 1.21. The largest absolute Gasteiger partial charge is 0.485 e. The second-order valence-electron chi connectivity index (χ2n) is 5.57. The molecule has 0 amide bonds. The zero-order valence-electron chi connectivity index (χ0n) is 13.3. The van der Waals surface area contributed by atoms with Crippen molar-refractivity contribution < 1.29 is 14.2 Å². The smallest absolute Gasteiger partial charge is 0.212 e. The molecule has 0 saturated heterocycles. The van der Waals surface area contributed by atoms with Crippen molar-refractivity contribution in [2.45, 2.75) is 12.6 Å². The van der Waals surface area contributed by atoms with Crippen molar-refractivity contribution in [1.29, 1.82) is 0 Å². The van der Waals surface area contributed by atoms with E-state index in [4.69, 9.17) is 14.2 Å². The summed E-state index contributed by atoms with van der Waals surface area (Å²) < 4.78 is 19.0. The lowest BCUT2D eigenvalue weighted by Gasteiger charge is -2.27. The summed E-state index contributed by atoms with van der Waals surface area (Å²) in [5.41, 5.74) is 2.10. The normalized spacial score (nSPS) is 16.0. The van der Waals surface area contributed by atoms with Crippen molar-refractivity contribution in [1.82, 2.24) is 14.5 Å². The van der Waals surface area contributed by atoms with Gasteiger partial charge in [-0.25, -0.2) is 9.97 Å². The fourth-order valence-corrected chi connectivity index (χ4v) is 2.67. The maximum absolute atomic E-state index is 6.06. The summed E-state index contributed by atoms with van der Waals surface area (Å²) in [7, 11) is 1.60. The molecule has 3 heterocycles. The molecule has 24 heavy (non-hydrogen) atoms. The van der Waals surface area contributed by atoms with Crippen molar-refractivity contribution in [2.24, 2.45) is 0 Å². The van der Waals surface area contributed by atoms with Gasteiger partial charge in [0.1, 0.15) is 6.61 Å². The molecular weight excluding hydrogens is 306 g/mol. The first-order chi connectivity index (χ1) is 11.8. The molecule has 3 aromatic rings. The van der Waals surface area contributed by atoms with Crippen molar-refractivity contribution >= 4 is 0 Å². The van der Waals surface area contributed by atoms with Gasteiger partial charge in [0.2, 0.25) is 5.88 Å². The fraction of sp³-hybridized carbons (Fsp3) is 0.222. The number of imidazole rings is 1. The van der Waals surface area contributed by atoms with Crippen LogP contribution in [0, 0.1) is 0 Å². The minimum Gasteiger partial charge on any atom is -0.485 e. The number of hydrogen-bond acceptors (Lipinski definition) is 5. The summed E-state index contributed by atoms with van der Waals surface area (Å²) in [6.07, 6.45) is 7.08. The van der Waals surface area contributed by atoms with E-state index in [0.717, 1.165) is 29.2 Å². The average Bonchev–Trinajstić information content (AvgIpc) is 3.14. The van der Waals surface area contributed by atoms with Crippen LogP contribution >= 0.6 is 0 Å². The monoisotopic (exact) mass is 323 g/mol. The Balaban J connectivity index is 1.50. The molecule has 0 aliphatic carbocycles. The standard InChI is InChI=1S/C18H17N3O3/c1-22-18-5-3-14(9-20-18)17-11-23-16-8-13(2-4-15(16)24-17)10-21-7-6-19-12-21/h2-9,12,17H,10-11H2,1H3. The van der Waals surface area contributed by atoms with Crippen LogP contribution < -0.4 is 14.2 Å². The van der Waals surface area contributed by atoms with Gasteiger partial charge in [0, 0.05) is 36.8 Å². The molecule has 6 nitrogen and oxygen atoms in total. The van der Waals surface area contributed by atoms with E-state index < -0.39 is 0 Å². The Kier molecular flexibility index (Phi) is 3.78. The van der Waals surface area contributed by atoms with E-state index in [2.05, 4.69) is 9.97 Å². The van der Waals surface area contributed by atoms with Gasteiger partial charge in [0.05, 0.1) is 13.4 Å². The molecule has 0 spiro atoms. The molecule has 0 saturated carbocycles. The SMILES string of the molecule is COc1ccc(C2COc3cc(Cn4ccnc4)ccc3O2)cn1. The van der Waals surface area contributed by atoms with Crippen LogP contribution in [-0.4, -0.2) is 28.3 Å². The third-order valence-corrected chi connectivity index (χ3v) is 3.93. The number of rotatable bonds is 4. The molecular formula is C18H17N3O3. The zero-order chi connectivity index (χ0) is 16.4. The van der Waals surface area contributed by atoms with E-state index in [0.29, 0.717) is 12.5 Å². The summed E-state index contributed by atoms with van der Waals surface area (Å²) in [6, 6.07) is 9.76. The Morgan fingerprint density at radius 3 is 2.96 bits per heavy atom. The van der Waals surface area contributed by atoms with Crippen LogP contribution in [-0.2, 0) is 6.54 Å². The zero-order valence-corrected chi connectivity index (χ0v) is 13.3. The Hall–Kier alpha value is -3.02. The Morgan fingerprint density at radius 1 is 1.25 bits per heavy atom. The van der Waals surface area contributed by atoms with Gasteiger partial charge in [-0.3, -0.25) is 0 Å². The summed E-state index contributed by atoms with van der Waals surface area (Å²) in [5, 5.41) is 0. The van der Waals surface area contributed by atoms with Gasteiger partial charge in [0.25, 0.3) is 0 Å². The topological polar surface area (TPSA) is 58.4 Å². The molecule has 1 aliphatic heterocycles. The predicted octanol–water partition coefficient (Wildman–Crippen LogP) is 2.85. The highest BCUT2D eigenvalue weighted by Crippen LogP contribution is 2.37. The van der Waals surface area contributed by atoms with Crippen molar-refractivity contribution in [2.75, 3.05) is 13.7 Å². The first-order valence-electron chi connectivity index (χ1n) is 7.70. The lowest BCUT2D eigenvalue weighted by molar-refractivity contribution is 0.0908. The molecule has 0 fully saturated rings. The number of nitrogens with zero attached hydrogens (tertiary/aromatic N) is 3. The third-order valence-electron chi connectivity index (χ3n) is 3.93. The van der Waals surface area contributed by atoms with Crippen LogP contribution in [0.5, 0.6) is 17.4 Å². The van der Waals surface area contributed by atoms with Crippen LogP contribution in [0.2, 0.25) is 0 Å². The second-order valence-corrected chi connectivity index (χ2v) is 5.57. The molecule has 0 N–H and O–H groups in total. The third kappa shape index (κ3) is 2.90. The van der Waals surface area contributed by atoms with Gasteiger partial charge >= 0.3 is 0 Å². The molecule has 0 radical (unpaired) electrons. The molecule has 1 aromatic carbocycles. The lowest BCUT2D eigenvalue weighted by Crippen LogP contribution is -2.21. The fourth-order valence-electron chi connectivity index (χ4n) is 2.67. The minimum absolute atomic E-state index is 0.171. The van der Waals surface area contributed by atoms with E-state index in [9.17, 15) is 0 Å². The van der Waals surface area contributed by atoms with Crippen molar-refractivity contribution in [3.63, 3.8) is 0 Å². The van der Waals surface area contributed by atoms with Crippen LogP contribution in [0.3, 0.4) is 0 Å². The minimum atomic E-state index is -0.171. The summed E-state index contributed by atoms with van der Waals surface area (Å²) >= 11 is 0. The number of ether oxygens (including phenoxy) is 3. The number of hydrogen-bond donors (Lipinski definition) is 0. The van der Waals surface area contributed by atoms with Crippen LogP contribution in [0.25, 0.3) is 0 Å².